The number of hydrogen-bond donors (Lipinski definition) is 6. The molecular weight excluding hydrogens is 309 g/mol. The Morgan fingerprint density at radius 2 is 1.90 bits per heavy atom. The number of imidazole rings is 1. The Labute approximate surface area is 117 Å². The first-order valence-corrected chi connectivity index (χ1v) is 7.24. The van der Waals surface area contributed by atoms with E-state index in [1.807, 2.05) is 0 Å². The van der Waals surface area contributed by atoms with E-state index in [1.165, 1.54) is 0 Å². The lowest BCUT2D eigenvalue weighted by Crippen LogP contribution is -2.36. The fourth-order valence-corrected chi connectivity index (χ4v) is 2.44. The van der Waals surface area contributed by atoms with Crippen LogP contribution in [0.3, 0.4) is 0 Å². The Bertz CT molecular complexity index is 570. The minimum absolute atomic E-state index is 0.136. The molecule has 1 aliphatic rings. The van der Waals surface area contributed by atoms with E-state index in [2.05, 4.69) is 4.98 Å². The van der Waals surface area contributed by atoms with E-state index in [0.29, 0.717) is 0 Å². The summed E-state index contributed by atoms with van der Waals surface area (Å²) in [4.78, 5) is 52.8. The first-order chi connectivity index (χ1) is 9.62. The number of aromatic nitrogens is 2. The number of carbonyl (C=O) groups excluding carboxylic acids is 2. The Kier molecular flexibility index (Phi) is 4.08. The number of nitrogens with two attached hydrogens (primary N) is 1. The summed E-state index contributed by atoms with van der Waals surface area (Å²) < 4.78 is 6.10. The van der Waals surface area contributed by atoms with E-state index < -0.39 is 43.9 Å². The molecular formula is C9H13N3O8P+. The van der Waals surface area contributed by atoms with Crippen LogP contribution in [-0.4, -0.2) is 64.2 Å². The summed E-state index contributed by atoms with van der Waals surface area (Å²) in [5.41, 5.74) is 3.33. The summed E-state index contributed by atoms with van der Waals surface area (Å²) in [5, 5.41) is 19.5. The van der Waals surface area contributed by atoms with Gasteiger partial charge in [-0.2, -0.15) is 14.7 Å². The van der Waals surface area contributed by atoms with Crippen LogP contribution in [-0.2, 0) is 9.53 Å². The topological polar surface area (TPSA) is 188 Å². The Morgan fingerprint density at radius 3 is 2.38 bits per heavy atom. The molecule has 7 N–H and O–H groups in total. The van der Waals surface area contributed by atoms with Crippen LogP contribution < -0.4 is 5.73 Å². The third kappa shape index (κ3) is 2.94. The number of ether oxygens (including phenoxy) is 1. The average Bonchev–Trinajstić information content (AvgIpc) is 2.95. The highest BCUT2D eigenvalue weighted by Crippen LogP contribution is 2.49. The fourth-order valence-electron chi connectivity index (χ4n) is 1.88. The second-order valence-electron chi connectivity index (χ2n) is 4.41. The minimum atomic E-state index is -4.88. The highest BCUT2D eigenvalue weighted by Gasteiger charge is 2.58. The molecule has 2 heterocycles. The average molecular weight is 322 g/mol. The van der Waals surface area contributed by atoms with Crippen molar-refractivity contribution in [2.24, 2.45) is 5.73 Å². The van der Waals surface area contributed by atoms with Gasteiger partial charge in [0.05, 0.1) is 6.33 Å². The lowest BCUT2D eigenvalue weighted by Gasteiger charge is -2.15. The van der Waals surface area contributed by atoms with E-state index >= 15 is 0 Å². The van der Waals surface area contributed by atoms with Crippen molar-refractivity contribution in [3.63, 3.8) is 0 Å². The predicted octanol–water partition coefficient (Wildman–Crippen LogP) is -3.13. The van der Waals surface area contributed by atoms with Crippen LogP contribution in [0.25, 0.3) is 0 Å². The second kappa shape index (κ2) is 5.39. The molecule has 0 spiro atoms. The molecule has 4 atom stereocenters. The Hall–Kier alpha value is -1.46. The molecule has 1 aromatic rings. The number of rotatable bonds is 4. The van der Waals surface area contributed by atoms with E-state index in [9.17, 15) is 19.8 Å². The molecule has 0 aromatic carbocycles. The van der Waals surface area contributed by atoms with Gasteiger partial charge in [-0.05, 0) is 0 Å². The van der Waals surface area contributed by atoms with Gasteiger partial charge in [-0.15, -0.1) is 0 Å². The van der Waals surface area contributed by atoms with Crippen molar-refractivity contribution in [2.45, 2.75) is 24.5 Å². The molecule has 11 nitrogen and oxygen atoms in total. The van der Waals surface area contributed by atoms with Crippen LogP contribution in [0.5, 0.6) is 0 Å². The van der Waals surface area contributed by atoms with Gasteiger partial charge in [0.1, 0.15) is 17.9 Å². The Morgan fingerprint density at radius 1 is 1.29 bits per heavy atom. The zero-order valence-corrected chi connectivity index (χ0v) is 11.2. The number of aliphatic hydroxyl groups is 2. The lowest BCUT2D eigenvalue weighted by atomic mass is 10.1. The van der Waals surface area contributed by atoms with Gasteiger partial charge in [0, 0.05) is 6.20 Å². The molecule has 1 saturated heterocycles. The van der Waals surface area contributed by atoms with Crippen molar-refractivity contribution in [1.82, 2.24) is 9.55 Å². The molecule has 1 aliphatic heterocycles. The van der Waals surface area contributed by atoms with Crippen molar-refractivity contribution in [3.8, 4) is 0 Å². The maximum absolute atomic E-state index is 11.5. The monoisotopic (exact) mass is 322 g/mol. The smallest absolute Gasteiger partial charge is 0.387 e. The zero-order chi connectivity index (χ0) is 15.9. The molecule has 0 bridgehead atoms. The summed E-state index contributed by atoms with van der Waals surface area (Å²) in [5.74, 6) is -0.833. The molecule has 1 amide bonds. The fraction of sp³-hybridized carbons (Fsp3) is 0.444. The van der Waals surface area contributed by atoms with Crippen LogP contribution in [0.2, 0.25) is 0 Å². The SMILES string of the molecule is NC(=O)c1cn(C2O[C@H](C(=O)[P+](O)(O)O)[C@@H](O)[C@H]2O)cn1. The lowest BCUT2D eigenvalue weighted by molar-refractivity contribution is -0.129. The number of nitrogens with zero attached hydrogens (tertiary/aromatic N) is 2. The van der Waals surface area contributed by atoms with E-state index in [4.69, 9.17) is 25.2 Å². The number of amides is 1. The summed E-state index contributed by atoms with van der Waals surface area (Å²) in [6.07, 6.45) is -4.38. The van der Waals surface area contributed by atoms with E-state index in [0.717, 1.165) is 17.1 Å². The van der Waals surface area contributed by atoms with Crippen LogP contribution in [0, 0.1) is 0 Å². The number of carbonyl (C=O) groups is 2. The maximum atomic E-state index is 11.5. The molecule has 0 saturated carbocycles. The van der Waals surface area contributed by atoms with Crippen molar-refractivity contribution in [2.75, 3.05) is 0 Å². The van der Waals surface area contributed by atoms with Gasteiger partial charge in [0.25, 0.3) is 5.91 Å². The molecule has 21 heavy (non-hydrogen) atoms. The molecule has 1 unspecified atom stereocenters. The first kappa shape index (κ1) is 15.9. The van der Waals surface area contributed by atoms with Gasteiger partial charge in [0.15, 0.2) is 12.3 Å². The third-order valence-electron chi connectivity index (χ3n) is 2.93. The van der Waals surface area contributed by atoms with E-state index in [-0.39, 0.29) is 5.69 Å². The minimum Gasteiger partial charge on any atom is -0.387 e. The Balaban J connectivity index is 2.23. The highest BCUT2D eigenvalue weighted by molar-refractivity contribution is 7.76. The summed E-state index contributed by atoms with van der Waals surface area (Å²) >= 11 is 0. The number of primary amides is 1. The van der Waals surface area contributed by atoms with Crippen molar-refractivity contribution in [1.29, 1.82) is 0 Å². The molecule has 1 aromatic heterocycles. The summed E-state index contributed by atoms with van der Waals surface area (Å²) in [6.45, 7) is 0. The van der Waals surface area contributed by atoms with Crippen LogP contribution in [0.4, 0.5) is 0 Å². The van der Waals surface area contributed by atoms with Crippen LogP contribution in [0.15, 0.2) is 12.5 Å². The van der Waals surface area contributed by atoms with Gasteiger partial charge in [0.2, 0.25) is 0 Å². The molecule has 0 radical (unpaired) electrons. The van der Waals surface area contributed by atoms with Crippen molar-refractivity contribution < 1.29 is 39.2 Å². The van der Waals surface area contributed by atoms with Gasteiger partial charge in [-0.3, -0.25) is 4.79 Å². The zero-order valence-electron chi connectivity index (χ0n) is 10.3. The van der Waals surface area contributed by atoms with Gasteiger partial charge >= 0.3 is 13.5 Å². The quantitative estimate of drug-likeness (QED) is 0.311. The van der Waals surface area contributed by atoms with Gasteiger partial charge in [-0.25, -0.2) is 9.78 Å². The molecule has 0 aliphatic carbocycles. The first-order valence-electron chi connectivity index (χ1n) is 5.59. The molecule has 12 heteroatoms. The predicted molar refractivity (Wildman–Crippen MR) is 65.3 cm³/mol. The second-order valence-corrected chi connectivity index (χ2v) is 5.98. The largest absolute Gasteiger partial charge is 0.481 e. The van der Waals surface area contributed by atoms with Gasteiger partial charge in [-0.1, -0.05) is 0 Å². The summed E-state index contributed by atoms with van der Waals surface area (Å²) in [7, 11) is -4.88. The molecule has 1 fully saturated rings. The molecule has 116 valence electrons. The van der Waals surface area contributed by atoms with Crippen molar-refractivity contribution in [3.05, 3.63) is 18.2 Å². The highest BCUT2D eigenvalue weighted by atomic mass is 31.2. The van der Waals surface area contributed by atoms with E-state index in [1.54, 1.807) is 0 Å². The summed E-state index contributed by atoms with van der Waals surface area (Å²) in [6, 6.07) is 0. The standard InChI is InChI=1S/C9H12N3O8P/c10-7(15)3-1-12(2-11-3)8-5(14)4(13)6(20-8)9(16)21(17,18)19/h1-2,4-6,8,13-14,17-19H,(H-,10,15)/p+1/t4-,5+,6-,8?/m0/s1. The number of hydrogen-bond acceptors (Lipinski definition) is 9. The van der Waals surface area contributed by atoms with Gasteiger partial charge < -0.3 is 25.3 Å². The molecule has 2 rings (SSSR count). The maximum Gasteiger partial charge on any atom is 0.481 e. The van der Waals surface area contributed by atoms with Crippen LogP contribution in [0.1, 0.15) is 16.7 Å². The third-order valence-corrected chi connectivity index (χ3v) is 3.77. The normalized spacial score (nSPS) is 29.6. The number of aliphatic hydroxyl groups excluding tert-OH is 2. The van der Waals surface area contributed by atoms with Crippen LogP contribution >= 0.6 is 7.94 Å². The van der Waals surface area contributed by atoms with Crippen molar-refractivity contribution >= 4 is 19.4 Å².